The molecular formula is C17H28N2O2. The van der Waals surface area contributed by atoms with Crippen molar-refractivity contribution in [2.75, 3.05) is 6.61 Å². The molecule has 2 atom stereocenters. The summed E-state index contributed by atoms with van der Waals surface area (Å²) in [6.45, 7) is 10.5. The average Bonchev–Trinajstić information content (AvgIpc) is 2.36. The van der Waals surface area contributed by atoms with Crippen molar-refractivity contribution < 1.29 is 9.53 Å². The van der Waals surface area contributed by atoms with E-state index >= 15 is 0 Å². The molecule has 1 rings (SSSR count). The van der Waals surface area contributed by atoms with Crippen molar-refractivity contribution in [2.45, 2.75) is 53.1 Å². The normalized spacial score (nSPS) is 14.4. The molecule has 0 saturated carbocycles. The molecule has 0 aliphatic carbocycles. The van der Waals surface area contributed by atoms with Crippen LogP contribution < -0.4 is 15.8 Å². The number of ether oxygens (including phenoxy) is 1. The van der Waals surface area contributed by atoms with Gasteiger partial charge >= 0.3 is 0 Å². The van der Waals surface area contributed by atoms with Gasteiger partial charge in [0.15, 0.2) is 0 Å². The number of aryl methyl sites for hydroxylation is 1. The van der Waals surface area contributed by atoms with Crippen LogP contribution in [0.3, 0.4) is 0 Å². The largest absolute Gasteiger partial charge is 0.491 e. The van der Waals surface area contributed by atoms with Crippen LogP contribution in [-0.4, -0.2) is 24.6 Å². The van der Waals surface area contributed by atoms with Crippen LogP contribution in [0, 0.1) is 12.3 Å². The first-order valence-corrected chi connectivity index (χ1v) is 7.43. The standard InChI is InChI=1S/C17H28N2O2/c1-12-6-8-14(9-7-12)21-11-13(2)19-16(20)10-15(18)17(3,4)5/h6-9,13,15H,10-11,18H2,1-5H3,(H,19,20). The fraction of sp³-hybridized carbons (Fsp3) is 0.588. The first kappa shape index (κ1) is 17.5. The smallest absolute Gasteiger partial charge is 0.221 e. The van der Waals surface area contributed by atoms with Gasteiger partial charge in [-0.2, -0.15) is 0 Å². The maximum atomic E-state index is 11.9. The summed E-state index contributed by atoms with van der Waals surface area (Å²) in [6.07, 6.45) is 0.332. The van der Waals surface area contributed by atoms with Crippen molar-refractivity contribution in [2.24, 2.45) is 11.1 Å². The van der Waals surface area contributed by atoms with E-state index < -0.39 is 0 Å². The van der Waals surface area contributed by atoms with Crippen molar-refractivity contribution in [1.82, 2.24) is 5.32 Å². The van der Waals surface area contributed by atoms with E-state index in [0.717, 1.165) is 5.75 Å². The van der Waals surface area contributed by atoms with Crippen molar-refractivity contribution >= 4 is 5.91 Å². The Morgan fingerprint density at radius 3 is 2.38 bits per heavy atom. The number of hydrogen-bond donors (Lipinski definition) is 2. The van der Waals surface area contributed by atoms with E-state index in [1.807, 2.05) is 58.9 Å². The first-order chi connectivity index (χ1) is 9.68. The quantitative estimate of drug-likeness (QED) is 0.847. The summed E-state index contributed by atoms with van der Waals surface area (Å²) in [5, 5.41) is 2.92. The predicted molar refractivity (Wildman–Crippen MR) is 86.3 cm³/mol. The van der Waals surface area contributed by atoms with Gasteiger partial charge < -0.3 is 15.8 Å². The number of carbonyl (C=O) groups excluding carboxylic acids is 1. The van der Waals surface area contributed by atoms with Crippen LogP contribution in [0.1, 0.15) is 39.7 Å². The molecule has 0 radical (unpaired) electrons. The van der Waals surface area contributed by atoms with E-state index in [0.29, 0.717) is 13.0 Å². The minimum atomic E-state index is -0.150. The molecule has 1 amide bonds. The van der Waals surface area contributed by atoms with Gasteiger partial charge in [0.25, 0.3) is 0 Å². The predicted octanol–water partition coefficient (Wildman–Crippen LogP) is 2.64. The summed E-state index contributed by atoms with van der Waals surface area (Å²) in [7, 11) is 0. The highest BCUT2D eigenvalue weighted by Gasteiger charge is 2.23. The summed E-state index contributed by atoms with van der Waals surface area (Å²) < 4.78 is 5.65. The molecule has 0 aromatic heterocycles. The van der Waals surface area contributed by atoms with Crippen LogP contribution in [0.5, 0.6) is 5.75 Å². The first-order valence-electron chi connectivity index (χ1n) is 7.43. The third-order valence-electron chi connectivity index (χ3n) is 3.45. The van der Waals surface area contributed by atoms with Crippen molar-refractivity contribution in [3.05, 3.63) is 29.8 Å². The second-order valence-electron chi connectivity index (χ2n) is 6.77. The number of nitrogens with one attached hydrogen (secondary N) is 1. The number of amides is 1. The lowest BCUT2D eigenvalue weighted by Gasteiger charge is -2.27. The number of carbonyl (C=O) groups is 1. The zero-order valence-corrected chi connectivity index (χ0v) is 13.8. The molecule has 21 heavy (non-hydrogen) atoms. The molecule has 0 saturated heterocycles. The molecule has 0 fully saturated rings. The Hall–Kier alpha value is -1.55. The molecule has 4 heteroatoms. The van der Waals surface area contributed by atoms with E-state index in [1.54, 1.807) is 0 Å². The zero-order chi connectivity index (χ0) is 16.0. The minimum absolute atomic E-state index is 0.0302. The molecule has 0 heterocycles. The lowest BCUT2D eigenvalue weighted by atomic mass is 9.85. The highest BCUT2D eigenvalue weighted by Crippen LogP contribution is 2.19. The van der Waals surface area contributed by atoms with Crippen molar-refractivity contribution in [1.29, 1.82) is 0 Å². The molecule has 0 aliphatic heterocycles. The second kappa shape index (κ2) is 7.46. The van der Waals surface area contributed by atoms with Crippen LogP contribution in [0.15, 0.2) is 24.3 Å². The Morgan fingerprint density at radius 2 is 1.86 bits per heavy atom. The van der Waals surface area contributed by atoms with Gasteiger partial charge in [-0.3, -0.25) is 4.79 Å². The lowest BCUT2D eigenvalue weighted by molar-refractivity contribution is -0.122. The zero-order valence-electron chi connectivity index (χ0n) is 13.8. The maximum absolute atomic E-state index is 11.9. The van der Waals surface area contributed by atoms with Gasteiger partial charge in [-0.05, 0) is 31.4 Å². The monoisotopic (exact) mass is 292 g/mol. The third-order valence-corrected chi connectivity index (χ3v) is 3.45. The van der Waals surface area contributed by atoms with Crippen LogP contribution in [0.4, 0.5) is 0 Å². The molecule has 1 aromatic carbocycles. The van der Waals surface area contributed by atoms with E-state index in [2.05, 4.69) is 5.32 Å². The van der Waals surface area contributed by atoms with Crippen LogP contribution in [0.25, 0.3) is 0 Å². The molecule has 2 unspecified atom stereocenters. The number of nitrogens with two attached hydrogens (primary N) is 1. The Bertz CT molecular complexity index is 449. The fourth-order valence-corrected chi connectivity index (χ4v) is 1.74. The summed E-state index contributed by atoms with van der Waals surface area (Å²) in [6, 6.07) is 7.66. The number of benzene rings is 1. The van der Waals surface area contributed by atoms with Gasteiger partial charge in [0, 0.05) is 12.5 Å². The van der Waals surface area contributed by atoms with Crippen molar-refractivity contribution in [3.8, 4) is 5.75 Å². The van der Waals surface area contributed by atoms with Gasteiger partial charge in [-0.15, -0.1) is 0 Å². The van der Waals surface area contributed by atoms with Gasteiger partial charge in [-0.25, -0.2) is 0 Å². The third kappa shape index (κ3) is 6.63. The number of hydrogen-bond acceptors (Lipinski definition) is 3. The molecular weight excluding hydrogens is 264 g/mol. The van der Waals surface area contributed by atoms with E-state index in [1.165, 1.54) is 5.56 Å². The summed E-state index contributed by atoms with van der Waals surface area (Å²) >= 11 is 0. The van der Waals surface area contributed by atoms with Gasteiger partial charge in [0.2, 0.25) is 5.91 Å². The van der Waals surface area contributed by atoms with Crippen LogP contribution in [-0.2, 0) is 4.79 Å². The molecule has 0 spiro atoms. The van der Waals surface area contributed by atoms with Gasteiger partial charge in [0.05, 0.1) is 6.04 Å². The van der Waals surface area contributed by atoms with Crippen LogP contribution >= 0.6 is 0 Å². The second-order valence-corrected chi connectivity index (χ2v) is 6.77. The van der Waals surface area contributed by atoms with E-state index in [4.69, 9.17) is 10.5 Å². The fourth-order valence-electron chi connectivity index (χ4n) is 1.74. The SMILES string of the molecule is Cc1ccc(OCC(C)NC(=O)CC(N)C(C)(C)C)cc1. The molecule has 0 bridgehead atoms. The highest BCUT2D eigenvalue weighted by molar-refractivity contribution is 5.76. The lowest BCUT2D eigenvalue weighted by Crippen LogP contribution is -2.43. The summed E-state index contributed by atoms with van der Waals surface area (Å²) in [5.41, 5.74) is 7.14. The molecule has 118 valence electrons. The van der Waals surface area contributed by atoms with Crippen LogP contribution in [0.2, 0.25) is 0 Å². The Morgan fingerprint density at radius 1 is 1.29 bits per heavy atom. The Balaban J connectivity index is 2.34. The van der Waals surface area contributed by atoms with E-state index in [-0.39, 0.29) is 23.4 Å². The molecule has 4 nitrogen and oxygen atoms in total. The maximum Gasteiger partial charge on any atom is 0.221 e. The highest BCUT2D eigenvalue weighted by atomic mass is 16.5. The summed E-state index contributed by atoms with van der Waals surface area (Å²) in [5.74, 6) is 0.783. The van der Waals surface area contributed by atoms with Gasteiger partial charge in [0.1, 0.15) is 12.4 Å². The Kier molecular flexibility index (Phi) is 6.21. The minimum Gasteiger partial charge on any atom is -0.491 e. The van der Waals surface area contributed by atoms with E-state index in [9.17, 15) is 4.79 Å². The van der Waals surface area contributed by atoms with Crippen molar-refractivity contribution in [3.63, 3.8) is 0 Å². The Labute approximate surface area is 128 Å². The molecule has 3 N–H and O–H groups in total. The number of rotatable bonds is 6. The molecule has 0 aliphatic rings. The molecule has 1 aromatic rings. The average molecular weight is 292 g/mol. The van der Waals surface area contributed by atoms with Gasteiger partial charge in [-0.1, -0.05) is 38.5 Å². The topological polar surface area (TPSA) is 64.3 Å². The summed E-state index contributed by atoms with van der Waals surface area (Å²) in [4.78, 5) is 11.9.